The van der Waals surface area contributed by atoms with Gasteiger partial charge in [0.1, 0.15) is 0 Å². The number of rotatable bonds is 2. The van der Waals surface area contributed by atoms with Crippen molar-refractivity contribution in [1.29, 1.82) is 0 Å². The van der Waals surface area contributed by atoms with Crippen molar-refractivity contribution in [1.82, 2.24) is 40.7 Å². The number of hydrogen-bond acceptors (Lipinski definition) is 10. The number of aromatic nitrogens is 8. The summed E-state index contributed by atoms with van der Waals surface area (Å²) in [6.07, 6.45) is 0. The smallest absolute Gasteiger partial charge is 0.773 e. The molecule has 0 saturated carbocycles. The molecule has 0 aliphatic rings. The van der Waals surface area contributed by atoms with Gasteiger partial charge in [0.15, 0.2) is 0 Å². The molecule has 121 valence electrons. The summed E-state index contributed by atoms with van der Waals surface area (Å²) >= 11 is 0. The van der Waals surface area contributed by atoms with Gasteiger partial charge in [0, 0.05) is 0 Å². The van der Waals surface area contributed by atoms with Gasteiger partial charge < -0.3 is 32.8 Å². The van der Waals surface area contributed by atoms with Gasteiger partial charge in [-0.25, -0.2) is 0 Å². The normalized spacial score (nSPS) is 8.00. The molecule has 0 fully saturated rings. The Morgan fingerprint density at radius 2 is 1.14 bits per heavy atom. The number of carbonyl (C=O) groups excluding carboxylic acids is 2. The van der Waals surface area contributed by atoms with Crippen LogP contribution in [0.1, 0.15) is 21.2 Å². The van der Waals surface area contributed by atoms with Crippen molar-refractivity contribution in [2.45, 2.75) is 0 Å². The van der Waals surface area contributed by atoms with Gasteiger partial charge in [-0.15, -0.1) is 20.4 Å². The van der Waals surface area contributed by atoms with Gasteiger partial charge in [-0.05, 0) is 0 Å². The van der Waals surface area contributed by atoms with Crippen LogP contribution in [0, 0.1) is 10.4 Å². The van der Waals surface area contributed by atoms with E-state index in [1.807, 2.05) is 0 Å². The van der Waals surface area contributed by atoms with Crippen LogP contribution in [-0.2, 0) is 17.1 Å². The number of amides is 2. The summed E-state index contributed by atoms with van der Waals surface area (Å²) in [5.41, 5.74) is 9.34. The second kappa shape index (κ2) is 9.97. The van der Waals surface area contributed by atoms with E-state index < -0.39 is 11.8 Å². The monoisotopic (exact) mass is 355 g/mol. The van der Waals surface area contributed by atoms with Gasteiger partial charge in [-0.2, -0.15) is 9.92 Å². The zero-order chi connectivity index (χ0) is 13.7. The fraction of sp³-hybridized carbons (Fsp3) is 0. The average Bonchev–Trinajstić information content (AvgIpc) is 2.88. The fourth-order valence-corrected chi connectivity index (χ4v) is 0.600. The van der Waals surface area contributed by atoms with Gasteiger partial charge >= 0.3 is 17.1 Å². The SMILES string of the molecule is NC(=O)c1nnn([O-])n1.NC(=O)c1nnn([O-])n1.O.O.[Cu+2]. The minimum atomic E-state index is -0.864. The number of nitrogens with zero attached hydrogens (tertiary/aromatic N) is 8. The van der Waals surface area contributed by atoms with Crippen LogP contribution in [0.25, 0.3) is 0 Å². The van der Waals surface area contributed by atoms with E-state index in [1.165, 1.54) is 0 Å². The summed E-state index contributed by atoms with van der Waals surface area (Å²) in [7, 11) is 0. The second-order valence-corrected chi connectivity index (χ2v) is 2.46. The molecule has 8 N–H and O–H groups in total. The summed E-state index contributed by atoms with van der Waals surface area (Å²) in [6.45, 7) is 0. The van der Waals surface area contributed by atoms with Crippen molar-refractivity contribution >= 4 is 11.8 Å². The van der Waals surface area contributed by atoms with Crippen molar-refractivity contribution in [3.8, 4) is 0 Å². The zero-order valence-corrected chi connectivity index (χ0v) is 10.6. The summed E-state index contributed by atoms with van der Waals surface area (Å²) in [4.78, 5) is 20.1. The first kappa shape index (κ1) is 23.2. The predicted octanol–water partition coefficient (Wildman–Crippen LogP) is -5.42. The molecule has 0 aliphatic carbocycles. The summed E-state index contributed by atoms with van der Waals surface area (Å²) < 4.78 is 0. The van der Waals surface area contributed by atoms with E-state index in [0.717, 1.165) is 0 Å². The maximum absolute atomic E-state index is 10.1. The van der Waals surface area contributed by atoms with Gasteiger partial charge in [-0.3, -0.25) is 9.59 Å². The van der Waals surface area contributed by atoms with Crippen LogP contribution >= 0.6 is 0 Å². The molecule has 17 heteroatoms. The summed E-state index contributed by atoms with van der Waals surface area (Å²) in [5.74, 6) is -2.47. The first-order chi connectivity index (χ1) is 8.40. The largest absolute Gasteiger partial charge is 2.00 e. The van der Waals surface area contributed by atoms with E-state index in [1.54, 1.807) is 0 Å². The zero-order valence-electron chi connectivity index (χ0n) is 9.67. The molecule has 0 aromatic carbocycles. The van der Waals surface area contributed by atoms with E-state index in [-0.39, 0.29) is 49.6 Å². The quantitative estimate of drug-likeness (QED) is 0.481. The minimum absolute atomic E-state index is 0. The molecule has 16 nitrogen and oxygen atoms in total. The van der Waals surface area contributed by atoms with Crippen molar-refractivity contribution in [2.24, 2.45) is 11.5 Å². The third-order valence-corrected chi connectivity index (χ3v) is 1.23. The number of carbonyl (C=O) groups is 2. The molecule has 0 bridgehead atoms. The molecular formula is C4H8CuN10O6. The van der Waals surface area contributed by atoms with Gasteiger partial charge in [0.2, 0.25) is 0 Å². The minimum Gasteiger partial charge on any atom is -0.773 e. The van der Waals surface area contributed by atoms with Crippen LogP contribution in [-0.4, -0.2) is 63.5 Å². The molecule has 0 aliphatic heterocycles. The van der Waals surface area contributed by atoms with E-state index >= 15 is 0 Å². The van der Waals surface area contributed by atoms with Crippen LogP contribution in [0.5, 0.6) is 0 Å². The topological polar surface area (TPSA) is 282 Å². The Morgan fingerprint density at radius 3 is 1.24 bits per heavy atom. The van der Waals surface area contributed by atoms with Crippen molar-refractivity contribution in [2.75, 3.05) is 0 Å². The van der Waals surface area contributed by atoms with E-state index in [2.05, 4.69) is 42.3 Å². The third kappa shape index (κ3) is 7.32. The van der Waals surface area contributed by atoms with Crippen molar-refractivity contribution in [3.63, 3.8) is 0 Å². The van der Waals surface area contributed by atoms with Crippen LogP contribution < -0.4 is 11.5 Å². The van der Waals surface area contributed by atoms with Crippen LogP contribution in [0.3, 0.4) is 0 Å². The molecule has 2 aromatic rings. The number of primary amides is 2. The fourth-order valence-electron chi connectivity index (χ4n) is 0.600. The van der Waals surface area contributed by atoms with Crippen molar-refractivity contribution in [3.05, 3.63) is 22.1 Å². The Hall–Kier alpha value is -2.88. The second-order valence-electron chi connectivity index (χ2n) is 2.46. The molecule has 2 amide bonds. The van der Waals surface area contributed by atoms with Crippen molar-refractivity contribution < 1.29 is 37.6 Å². The van der Waals surface area contributed by atoms with Crippen LogP contribution in [0.15, 0.2) is 0 Å². The van der Waals surface area contributed by atoms with E-state index in [4.69, 9.17) is 0 Å². The Balaban J connectivity index is -0.000000270. The standard InChI is InChI=1S/2C2H2N5O2.Cu.2H2O/c2*3-1(8)2-4-6-7(9)5-2;;;/h2*(H2,3,8);;2*1H2/q2*-1;+2;;. The molecule has 2 rings (SSSR count). The summed E-state index contributed by atoms with van der Waals surface area (Å²) in [5, 5.41) is 37.7. The first-order valence-corrected chi connectivity index (χ1v) is 3.95. The van der Waals surface area contributed by atoms with Gasteiger partial charge in [0.05, 0.1) is 0 Å². The first-order valence-electron chi connectivity index (χ1n) is 3.95. The molecule has 2 aromatic heterocycles. The molecule has 0 atom stereocenters. The Morgan fingerprint density at radius 1 is 0.857 bits per heavy atom. The molecular weight excluding hydrogens is 348 g/mol. The predicted molar refractivity (Wildman–Crippen MR) is 57.4 cm³/mol. The molecule has 0 unspecified atom stereocenters. The molecule has 0 saturated heterocycles. The molecule has 0 spiro atoms. The number of nitrogens with two attached hydrogens (primary N) is 2. The number of hydrogen-bond donors (Lipinski definition) is 2. The molecule has 21 heavy (non-hydrogen) atoms. The molecule has 1 radical (unpaired) electrons. The Bertz CT molecular complexity index is 517. The Labute approximate surface area is 124 Å². The van der Waals surface area contributed by atoms with Crippen LogP contribution in [0.4, 0.5) is 0 Å². The van der Waals surface area contributed by atoms with E-state index in [9.17, 15) is 20.0 Å². The van der Waals surface area contributed by atoms with Gasteiger partial charge in [0.25, 0.3) is 23.5 Å². The average molecular weight is 356 g/mol. The summed E-state index contributed by atoms with van der Waals surface area (Å²) in [6, 6.07) is 0. The number of tetrazole rings is 2. The maximum Gasteiger partial charge on any atom is 2.00 e. The van der Waals surface area contributed by atoms with E-state index in [0.29, 0.717) is 0 Å². The maximum atomic E-state index is 10.1. The molecule has 2 heterocycles. The third-order valence-electron chi connectivity index (χ3n) is 1.23. The van der Waals surface area contributed by atoms with Gasteiger partial charge in [-0.1, -0.05) is 10.4 Å². The Kier molecular flexibility index (Phi) is 11.0. The van der Waals surface area contributed by atoms with Crippen LogP contribution in [0.2, 0.25) is 0 Å².